The van der Waals surface area contributed by atoms with E-state index in [9.17, 15) is 0 Å². The van der Waals surface area contributed by atoms with Crippen molar-refractivity contribution in [2.45, 2.75) is 44.7 Å². The van der Waals surface area contributed by atoms with Crippen LogP contribution in [0, 0.1) is 0 Å². The van der Waals surface area contributed by atoms with Gasteiger partial charge in [-0.05, 0) is 56.0 Å². The summed E-state index contributed by atoms with van der Waals surface area (Å²) in [6.45, 7) is 2.22. The number of piperidine rings is 1. The maximum Gasteiger partial charge on any atom is 0.128 e. The molecular weight excluding hydrogens is 296 g/mol. The molecule has 4 nitrogen and oxygen atoms in total. The van der Waals surface area contributed by atoms with Crippen molar-refractivity contribution in [1.29, 1.82) is 0 Å². The van der Waals surface area contributed by atoms with Crippen molar-refractivity contribution in [1.82, 2.24) is 14.9 Å². The van der Waals surface area contributed by atoms with Crippen molar-refractivity contribution in [2.75, 3.05) is 25.5 Å². The number of likely N-dealkylation sites (tertiary alicyclic amines) is 1. The molecule has 0 saturated carbocycles. The quantitative estimate of drug-likeness (QED) is 0.814. The van der Waals surface area contributed by atoms with Gasteiger partial charge in [-0.15, -0.1) is 0 Å². The number of aromatic nitrogens is 2. The normalized spacial score (nSPS) is 18.5. The molecule has 0 amide bonds. The highest BCUT2D eigenvalue weighted by molar-refractivity contribution is 5.37. The SMILES string of the molecule is CN(C)c1cccc(CC[C@@H]2CCCCN2Cc2cccnc2)n1. The highest BCUT2D eigenvalue weighted by Crippen LogP contribution is 2.23. The summed E-state index contributed by atoms with van der Waals surface area (Å²) in [6, 6.07) is 11.2. The van der Waals surface area contributed by atoms with Crippen LogP contribution < -0.4 is 4.90 Å². The summed E-state index contributed by atoms with van der Waals surface area (Å²) < 4.78 is 0. The predicted molar refractivity (Wildman–Crippen MR) is 99.2 cm³/mol. The summed E-state index contributed by atoms with van der Waals surface area (Å²) in [6.07, 6.45) is 10.0. The van der Waals surface area contributed by atoms with E-state index in [-0.39, 0.29) is 0 Å². The molecule has 2 aromatic rings. The number of rotatable bonds is 6. The zero-order valence-electron chi connectivity index (χ0n) is 14.9. The molecule has 1 aliphatic heterocycles. The number of hydrogen-bond donors (Lipinski definition) is 0. The first-order valence-corrected chi connectivity index (χ1v) is 8.98. The van der Waals surface area contributed by atoms with Gasteiger partial charge in [0.2, 0.25) is 0 Å². The maximum absolute atomic E-state index is 4.76. The zero-order valence-corrected chi connectivity index (χ0v) is 14.9. The molecule has 3 heterocycles. The molecular formula is C20H28N4. The first-order valence-electron chi connectivity index (χ1n) is 8.98. The van der Waals surface area contributed by atoms with Crippen molar-refractivity contribution < 1.29 is 0 Å². The third-order valence-electron chi connectivity index (χ3n) is 4.84. The van der Waals surface area contributed by atoms with E-state index in [1.165, 1.54) is 43.5 Å². The third-order valence-corrected chi connectivity index (χ3v) is 4.84. The maximum atomic E-state index is 4.76. The van der Waals surface area contributed by atoms with Crippen LogP contribution in [-0.2, 0) is 13.0 Å². The van der Waals surface area contributed by atoms with Crippen LogP contribution in [0.1, 0.15) is 36.9 Å². The molecule has 128 valence electrons. The van der Waals surface area contributed by atoms with Gasteiger partial charge in [-0.3, -0.25) is 9.88 Å². The van der Waals surface area contributed by atoms with Gasteiger partial charge in [-0.25, -0.2) is 4.98 Å². The van der Waals surface area contributed by atoms with Gasteiger partial charge >= 0.3 is 0 Å². The molecule has 1 fully saturated rings. The van der Waals surface area contributed by atoms with Gasteiger partial charge < -0.3 is 4.90 Å². The van der Waals surface area contributed by atoms with E-state index in [4.69, 9.17) is 4.98 Å². The average molecular weight is 324 g/mol. The minimum Gasteiger partial charge on any atom is -0.363 e. The third kappa shape index (κ3) is 4.54. The Labute approximate surface area is 145 Å². The molecule has 0 unspecified atom stereocenters. The Morgan fingerprint density at radius 3 is 2.88 bits per heavy atom. The Bertz CT molecular complexity index is 627. The van der Waals surface area contributed by atoms with Crippen molar-refractivity contribution in [3.63, 3.8) is 0 Å². The van der Waals surface area contributed by atoms with Gasteiger partial charge in [-0.1, -0.05) is 18.6 Å². The zero-order chi connectivity index (χ0) is 16.8. The fraction of sp³-hybridized carbons (Fsp3) is 0.500. The Morgan fingerprint density at radius 2 is 2.08 bits per heavy atom. The smallest absolute Gasteiger partial charge is 0.128 e. The number of pyridine rings is 2. The van der Waals surface area contributed by atoms with E-state index in [1.807, 2.05) is 32.6 Å². The van der Waals surface area contributed by atoms with Crippen LogP contribution in [0.4, 0.5) is 5.82 Å². The molecule has 1 aliphatic rings. The molecule has 24 heavy (non-hydrogen) atoms. The van der Waals surface area contributed by atoms with Crippen LogP contribution >= 0.6 is 0 Å². The first-order chi connectivity index (χ1) is 11.7. The van der Waals surface area contributed by atoms with Crippen molar-refractivity contribution in [2.24, 2.45) is 0 Å². The van der Waals surface area contributed by atoms with E-state index in [2.05, 4.69) is 39.0 Å². The molecule has 0 radical (unpaired) electrons. The Morgan fingerprint density at radius 1 is 1.17 bits per heavy atom. The van der Waals surface area contributed by atoms with Crippen LogP contribution in [0.25, 0.3) is 0 Å². The number of hydrogen-bond acceptors (Lipinski definition) is 4. The first kappa shape index (κ1) is 16.9. The molecule has 0 spiro atoms. The van der Waals surface area contributed by atoms with Crippen LogP contribution in [-0.4, -0.2) is 41.5 Å². The predicted octanol–water partition coefficient (Wildman–Crippen LogP) is 3.53. The lowest BCUT2D eigenvalue weighted by Crippen LogP contribution is -2.39. The van der Waals surface area contributed by atoms with Gasteiger partial charge in [0.25, 0.3) is 0 Å². The lowest BCUT2D eigenvalue weighted by Gasteiger charge is -2.35. The Balaban J connectivity index is 1.60. The average Bonchev–Trinajstić information content (AvgIpc) is 2.62. The summed E-state index contributed by atoms with van der Waals surface area (Å²) in [5, 5.41) is 0. The summed E-state index contributed by atoms with van der Waals surface area (Å²) >= 11 is 0. The van der Waals surface area contributed by atoms with Gasteiger partial charge in [0.05, 0.1) is 0 Å². The molecule has 0 aliphatic carbocycles. The van der Waals surface area contributed by atoms with Crippen molar-refractivity contribution in [3.05, 3.63) is 54.0 Å². The molecule has 3 rings (SSSR count). The minimum absolute atomic E-state index is 0.656. The fourth-order valence-electron chi connectivity index (χ4n) is 3.49. The Hall–Kier alpha value is -1.94. The summed E-state index contributed by atoms with van der Waals surface area (Å²) in [5.74, 6) is 1.04. The molecule has 1 saturated heterocycles. The van der Waals surface area contributed by atoms with Crippen molar-refractivity contribution >= 4 is 5.82 Å². The summed E-state index contributed by atoms with van der Waals surface area (Å²) in [5.41, 5.74) is 2.52. The van der Waals surface area contributed by atoms with Gasteiger partial charge in [-0.2, -0.15) is 0 Å². The molecule has 4 heteroatoms. The molecule has 2 aromatic heterocycles. The number of aryl methyl sites for hydroxylation is 1. The molecule has 0 N–H and O–H groups in total. The second-order valence-corrected chi connectivity index (χ2v) is 6.90. The molecule has 0 bridgehead atoms. The standard InChI is InChI=1S/C20H28N4/c1-23(2)20-10-5-8-18(22-20)11-12-19-9-3-4-14-24(19)16-17-7-6-13-21-15-17/h5-8,10,13,15,19H,3-4,9,11-12,14,16H2,1-2H3/t19-/m0/s1. The number of nitrogens with zero attached hydrogens (tertiary/aromatic N) is 4. The number of anilines is 1. The topological polar surface area (TPSA) is 32.3 Å². The second-order valence-electron chi connectivity index (χ2n) is 6.90. The Kier molecular flexibility index (Phi) is 5.81. The molecule has 0 aromatic carbocycles. The van der Waals surface area contributed by atoms with Gasteiger partial charge in [0, 0.05) is 44.8 Å². The van der Waals surface area contributed by atoms with Crippen LogP contribution in [0.5, 0.6) is 0 Å². The van der Waals surface area contributed by atoms with Crippen LogP contribution in [0.3, 0.4) is 0 Å². The van der Waals surface area contributed by atoms with E-state index in [1.54, 1.807) is 0 Å². The van der Waals surface area contributed by atoms with Crippen LogP contribution in [0.15, 0.2) is 42.7 Å². The highest BCUT2D eigenvalue weighted by Gasteiger charge is 2.22. The van der Waals surface area contributed by atoms with Gasteiger partial charge in [0.1, 0.15) is 5.82 Å². The largest absolute Gasteiger partial charge is 0.363 e. The van der Waals surface area contributed by atoms with E-state index in [0.29, 0.717) is 6.04 Å². The van der Waals surface area contributed by atoms with E-state index < -0.39 is 0 Å². The monoisotopic (exact) mass is 324 g/mol. The minimum atomic E-state index is 0.656. The second kappa shape index (κ2) is 8.25. The van der Waals surface area contributed by atoms with E-state index >= 15 is 0 Å². The van der Waals surface area contributed by atoms with Crippen LogP contribution in [0.2, 0.25) is 0 Å². The van der Waals surface area contributed by atoms with Gasteiger partial charge in [0.15, 0.2) is 0 Å². The summed E-state index contributed by atoms with van der Waals surface area (Å²) in [4.78, 5) is 13.7. The lowest BCUT2D eigenvalue weighted by molar-refractivity contribution is 0.132. The fourth-order valence-corrected chi connectivity index (χ4v) is 3.49. The highest BCUT2D eigenvalue weighted by atomic mass is 15.2. The van der Waals surface area contributed by atoms with Crippen molar-refractivity contribution in [3.8, 4) is 0 Å². The lowest BCUT2D eigenvalue weighted by atomic mass is 9.96. The van der Waals surface area contributed by atoms with E-state index in [0.717, 1.165) is 18.8 Å². The summed E-state index contributed by atoms with van der Waals surface area (Å²) in [7, 11) is 4.09. The molecule has 1 atom stereocenters.